The van der Waals surface area contributed by atoms with Gasteiger partial charge in [-0.15, -0.1) is 0 Å². The molecule has 6 nitrogen and oxygen atoms in total. The Morgan fingerprint density at radius 3 is 2.19 bits per heavy atom. The highest BCUT2D eigenvalue weighted by atomic mass is 79.9. The lowest BCUT2D eigenvalue weighted by atomic mass is 10.0. The number of anilines is 1. The number of halogens is 7. The summed E-state index contributed by atoms with van der Waals surface area (Å²) < 4.78 is 81.8. The molecule has 1 unspecified atom stereocenters. The standard InChI is InChI=1S/C24H19BrF6N6/c25-17-10-33-22(34-11-17)37(12-14-6-15(23(26,27)28)9-16(7-14)24(29,30)31)19(8-13-3-4-13)21-35-18-2-1-5-32-20(18)36-21/h1-2,5-7,9-11,13,19H,3-4,8,12H2,(H,32,35,36). The topological polar surface area (TPSA) is 70.6 Å². The van der Waals surface area contributed by atoms with Crippen LogP contribution >= 0.6 is 15.9 Å². The molecule has 1 atom stereocenters. The molecule has 0 radical (unpaired) electrons. The average Bonchev–Trinajstić information content (AvgIpc) is 3.56. The number of pyridine rings is 1. The third-order valence-corrected chi connectivity index (χ3v) is 6.49. The third-order valence-electron chi connectivity index (χ3n) is 6.09. The Labute approximate surface area is 215 Å². The van der Waals surface area contributed by atoms with Crippen molar-refractivity contribution in [2.75, 3.05) is 4.90 Å². The number of fused-ring (bicyclic) bond motifs is 1. The minimum absolute atomic E-state index is 0.122. The van der Waals surface area contributed by atoms with Crippen molar-refractivity contribution >= 4 is 33.0 Å². The Morgan fingerprint density at radius 2 is 1.62 bits per heavy atom. The van der Waals surface area contributed by atoms with Gasteiger partial charge in [0.25, 0.3) is 0 Å². The smallest absolute Gasteiger partial charge is 0.339 e. The van der Waals surface area contributed by atoms with E-state index in [4.69, 9.17) is 0 Å². The molecule has 3 aromatic heterocycles. The fourth-order valence-corrected chi connectivity index (χ4v) is 4.36. The predicted molar refractivity (Wildman–Crippen MR) is 126 cm³/mol. The molecule has 13 heteroatoms. The molecular formula is C24H19BrF6N6. The van der Waals surface area contributed by atoms with E-state index in [2.05, 4.69) is 40.8 Å². The number of H-pyrrole nitrogens is 1. The van der Waals surface area contributed by atoms with Gasteiger partial charge in [0.2, 0.25) is 5.95 Å². The SMILES string of the molecule is FC(F)(F)c1cc(CN(c2ncc(Br)cn2)C(CC2CC2)c2nc3ncccc3[nH]2)cc(C(F)(F)F)c1. The number of imidazole rings is 1. The second kappa shape index (κ2) is 9.58. The maximum absolute atomic E-state index is 13.5. The van der Waals surface area contributed by atoms with Crippen LogP contribution in [0, 0.1) is 5.92 Å². The summed E-state index contributed by atoms with van der Waals surface area (Å²) in [6, 6.07) is 4.56. The lowest BCUT2D eigenvalue weighted by Gasteiger charge is -2.31. The number of nitrogens with zero attached hydrogens (tertiary/aromatic N) is 5. The van der Waals surface area contributed by atoms with E-state index in [1.54, 1.807) is 23.2 Å². The fourth-order valence-electron chi connectivity index (χ4n) is 4.16. The van der Waals surface area contributed by atoms with E-state index >= 15 is 0 Å². The molecule has 1 saturated carbocycles. The molecular weight excluding hydrogens is 566 g/mol. The summed E-state index contributed by atoms with van der Waals surface area (Å²) >= 11 is 3.26. The van der Waals surface area contributed by atoms with E-state index in [1.807, 2.05) is 0 Å². The summed E-state index contributed by atoms with van der Waals surface area (Å²) in [5.41, 5.74) is -1.81. The summed E-state index contributed by atoms with van der Waals surface area (Å²) in [5, 5.41) is 0. The summed E-state index contributed by atoms with van der Waals surface area (Å²) in [7, 11) is 0. The minimum atomic E-state index is -4.95. The maximum Gasteiger partial charge on any atom is 0.416 e. The molecule has 1 aromatic carbocycles. The molecule has 4 aromatic rings. The van der Waals surface area contributed by atoms with Gasteiger partial charge in [-0.25, -0.2) is 19.9 Å². The zero-order chi connectivity index (χ0) is 26.4. The quantitative estimate of drug-likeness (QED) is 0.235. The van der Waals surface area contributed by atoms with Crippen molar-refractivity contribution in [3.8, 4) is 0 Å². The molecule has 1 N–H and O–H groups in total. The van der Waals surface area contributed by atoms with Crippen LogP contribution < -0.4 is 4.90 Å². The normalized spacial score (nSPS) is 15.2. The van der Waals surface area contributed by atoms with Gasteiger partial charge in [-0.05, 0) is 64.2 Å². The molecule has 0 amide bonds. The number of alkyl halides is 6. The number of aromatic amines is 1. The van der Waals surface area contributed by atoms with Crippen LogP contribution in [0.1, 0.15) is 47.8 Å². The zero-order valence-electron chi connectivity index (χ0n) is 19.0. The number of aromatic nitrogens is 5. The van der Waals surface area contributed by atoms with Gasteiger partial charge in [-0.1, -0.05) is 12.8 Å². The van der Waals surface area contributed by atoms with Gasteiger partial charge in [0.1, 0.15) is 5.82 Å². The van der Waals surface area contributed by atoms with E-state index in [-0.39, 0.29) is 24.1 Å². The first-order valence-electron chi connectivity index (χ1n) is 11.3. The Hall–Kier alpha value is -3.22. The number of benzene rings is 1. The van der Waals surface area contributed by atoms with Crippen LogP contribution in [0.3, 0.4) is 0 Å². The Bertz CT molecular complexity index is 1330. The van der Waals surface area contributed by atoms with E-state index in [1.165, 1.54) is 12.4 Å². The first-order valence-corrected chi connectivity index (χ1v) is 12.1. The Morgan fingerprint density at radius 1 is 0.973 bits per heavy atom. The minimum Gasteiger partial charge on any atom is -0.339 e. The predicted octanol–water partition coefficient (Wildman–Crippen LogP) is 7.10. The van der Waals surface area contributed by atoms with Crippen molar-refractivity contribution in [2.45, 2.75) is 44.2 Å². The summed E-state index contributed by atoms with van der Waals surface area (Å²) in [4.78, 5) is 22.2. The number of hydrogen-bond donors (Lipinski definition) is 1. The number of hydrogen-bond acceptors (Lipinski definition) is 5. The van der Waals surface area contributed by atoms with Crippen molar-refractivity contribution in [2.24, 2.45) is 5.92 Å². The van der Waals surface area contributed by atoms with Crippen LogP contribution in [0.5, 0.6) is 0 Å². The van der Waals surface area contributed by atoms with Gasteiger partial charge in [-0.2, -0.15) is 26.3 Å². The number of rotatable bonds is 7. The van der Waals surface area contributed by atoms with Gasteiger partial charge in [0.15, 0.2) is 5.65 Å². The molecule has 5 rings (SSSR count). The van der Waals surface area contributed by atoms with Crippen LogP contribution in [0.25, 0.3) is 11.2 Å². The molecule has 1 fully saturated rings. The van der Waals surface area contributed by atoms with Crippen molar-refractivity contribution in [3.05, 3.63) is 75.9 Å². The van der Waals surface area contributed by atoms with Crippen LogP contribution in [0.15, 0.2) is 53.4 Å². The molecule has 0 spiro atoms. The molecule has 1 aliphatic carbocycles. The lowest BCUT2D eigenvalue weighted by molar-refractivity contribution is -0.143. The van der Waals surface area contributed by atoms with Gasteiger partial charge < -0.3 is 9.88 Å². The van der Waals surface area contributed by atoms with Gasteiger partial charge in [0, 0.05) is 25.1 Å². The van der Waals surface area contributed by atoms with Gasteiger partial charge in [0.05, 0.1) is 27.2 Å². The van der Waals surface area contributed by atoms with Crippen molar-refractivity contribution in [1.82, 2.24) is 24.9 Å². The highest BCUT2D eigenvalue weighted by molar-refractivity contribution is 9.10. The molecule has 1 aliphatic rings. The summed E-state index contributed by atoms with van der Waals surface area (Å²) in [6.45, 7) is -0.309. The second-order valence-electron chi connectivity index (χ2n) is 8.93. The summed E-state index contributed by atoms with van der Waals surface area (Å²) in [5.74, 6) is 0.958. The highest BCUT2D eigenvalue weighted by Crippen LogP contribution is 2.42. The molecule has 3 heterocycles. The van der Waals surface area contributed by atoms with E-state index in [9.17, 15) is 26.3 Å². The molecule has 194 valence electrons. The van der Waals surface area contributed by atoms with E-state index < -0.39 is 29.5 Å². The number of nitrogens with one attached hydrogen (secondary N) is 1. The average molecular weight is 585 g/mol. The molecule has 0 bridgehead atoms. The second-order valence-corrected chi connectivity index (χ2v) is 9.85. The van der Waals surface area contributed by atoms with Crippen molar-refractivity contribution in [1.29, 1.82) is 0 Å². The third kappa shape index (κ3) is 5.86. The van der Waals surface area contributed by atoms with Crippen LogP contribution in [0.4, 0.5) is 32.3 Å². The fraction of sp³-hybridized carbons (Fsp3) is 0.333. The maximum atomic E-state index is 13.5. The van der Waals surface area contributed by atoms with Gasteiger partial charge >= 0.3 is 12.4 Å². The van der Waals surface area contributed by atoms with Crippen molar-refractivity contribution < 1.29 is 26.3 Å². The monoisotopic (exact) mass is 584 g/mol. The zero-order valence-corrected chi connectivity index (χ0v) is 20.6. The van der Waals surface area contributed by atoms with E-state index in [0.717, 1.165) is 25.0 Å². The Balaban J connectivity index is 1.62. The largest absolute Gasteiger partial charge is 0.416 e. The first-order chi connectivity index (χ1) is 17.5. The van der Waals surface area contributed by atoms with Gasteiger partial charge in [-0.3, -0.25) is 0 Å². The summed E-state index contributed by atoms with van der Waals surface area (Å²) in [6.07, 6.45) is -2.89. The van der Waals surface area contributed by atoms with Crippen LogP contribution in [-0.2, 0) is 18.9 Å². The molecule has 37 heavy (non-hydrogen) atoms. The van der Waals surface area contributed by atoms with Crippen LogP contribution in [-0.4, -0.2) is 24.9 Å². The van der Waals surface area contributed by atoms with Crippen LogP contribution in [0.2, 0.25) is 0 Å². The highest BCUT2D eigenvalue weighted by Gasteiger charge is 2.38. The molecule has 0 aliphatic heterocycles. The lowest BCUT2D eigenvalue weighted by Crippen LogP contribution is -2.31. The Kier molecular flexibility index (Phi) is 6.59. The van der Waals surface area contributed by atoms with Crippen molar-refractivity contribution in [3.63, 3.8) is 0 Å². The first kappa shape index (κ1) is 25.4. The molecule has 0 saturated heterocycles. The van der Waals surface area contributed by atoms with E-state index in [0.29, 0.717) is 33.8 Å².